The summed E-state index contributed by atoms with van der Waals surface area (Å²) in [6.45, 7) is 4.46. The van der Waals surface area contributed by atoms with Gasteiger partial charge in [0.05, 0.1) is 18.3 Å². The minimum atomic E-state index is -0.283. The van der Waals surface area contributed by atoms with E-state index in [1.54, 1.807) is 12.3 Å². The molecule has 0 aliphatic carbocycles. The van der Waals surface area contributed by atoms with Crippen molar-refractivity contribution in [2.24, 2.45) is 0 Å². The van der Waals surface area contributed by atoms with Gasteiger partial charge < -0.3 is 10.3 Å². The van der Waals surface area contributed by atoms with E-state index in [2.05, 4.69) is 20.4 Å². The fourth-order valence-electron chi connectivity index (χ4n) is 3.34. The molecule has 0 fully saturated rings. The molecule has 0 radical (unpaired) electrons. The maximum Gasteiger partial charge on any atom is 0.253 e. The molecule has 1 amide bonds. The molecule has 4 rings (SSSR count). The third kappa shape index (κ3) is 3.94. The Morgan fingerprint density at radius 2 is 1.93 bits per heavy atom. The van der Waals surface area contributed by atoms with Gasteiger partial charge in [0.15, 0.2) is 5.65 Å². The highest BCUT2D eigenvalue weighted by Crippen LogP contribution is 2.15. The number of benzene rings is 1. The van der Waals surface area contributed by atoms with Crippen LogP contribution in [0.3, 0.4) is 0 Å². The lowest BCUT2D eigenvalue weighted by Gasteiger charge is -2.08. The Hall–Kier alpha value is -3.74. The minimum Gasteiger partial charge on any atom is -0.348 e. The van der Waals surface area contributed by atoms with Crippen LogP contribution >= 0.6 is 0 Å². The smallest absolute Gasteiger partial charge is 0.253 e. The highest BCUT2D eigenvalue weighted by Gasteiger charge is 2.12. The van der Waals surface area contributed by atoms with E-state index < -0.39 is 0 Å². The minimum absolute atomic E-state index is 0.158. The average molecular weight is 387 g/mol. The van der Waals surface area contributed by atoms with E-state index in [9.17, 15) is 9.59 Å². The van der Waals surface area contributed by atoms with E-state index in [1.807, 2.05) is 54.9 Å². The number of pyridine rings is 2. The first-order valence-corrected chi connectivity index (χ1v) is 9.34. The molecule has 146 valence electrons. The summed E-state index contributed by atoms with van der Waals surface area (Å²) in [5.41, 5.74) is 4.29. The number of fused-ring (bicyclic) bond motifs is 1. The van der Waals surface area contributed by atoms with Gasteiger partial charge in [-0.1, -0.05) is 30.3 Å². The number of carbonyl (C=O) groups is 1. The molecule has 3 aromatic heterocycles. The first-order chi connectivity index (χ1) is 14.0. The number of aromatic nitrogens is 4. The van der Waals surface area contributed by atoms with Crippen molar-refractivity contribution in [2.45, 2.75) is 26.9 Å². The molecule has 0 spiro atoms. The highest BCUT2D eigenvalue weighted by molar-refractivity contribution is 5.96. The van der Waals surface area contributed by atoms with Crippen molar-refractivity contribution in [3.8, 4) is 0 Å². The van der Waals surface area contributed by atoms with Crippen molar-refractivity contribution in [2.75, 3.05) is 0 Å². The molecule has 29 heavy (non-hydrogen) atoms. The van der Waals surface area contributed by atoms with Crippen LogP contribution in [-0.4, -0.2) is 25.7 Å². The number of rotatable bonds is 5. The molecule has 0 atom stereocenters. The zero-order valence-corrected chi connectivity index (χ0v) is 16.3. The molecule has 1 aromatic carbocycles. The monoisotopic (exact) mass is 387 g/mol. The first-order valence-electron chi connectivity index (χ1n) is 9.34. The summed E-state index contributed by atoms with van der Waals surface area (Å²) in [5, 5.41) is 7.98. The molecule has 4 aromatic rings. The van der Waals surface area contributed by atoms with Crippen LogP contribution in [0.2, 0.25) is 0 Å². The molecule has 0 saturated heterocycles. The third-order valence-electron chi connectivity index (χ3n) is 4.83. The molecule has 0 aliphatic heterocycles. The average Bonchev–Trinajstić information content (AvgIpc) is 3.10. The van der Waals surface area contributed by atoms with Gasteiger partial charge in [-0.3, -0.25) is 9.59 Å². The van der Waals surface area contributed by atoms with Crippen LogP contribution < -0.4 is 10.9 Å². The standard InChI is InChI=1S/C22H21N5O2/c1-14-8-15(2)26-22(29)19(14)12-24-21(28)18-9-17-11-25-27(20(17)23-10-18)13-16-6-4-3-5-7-16/h3-11H,12-13H2,1-2H3,(H,24,28)(H,26,29). The molecule has 0 unspecified atom stereocenters. The van der Waals surface area contributed by atoms with E-state index in [-0.39, 0.29) is 18.0 Å². The summed E-state index contributed by atoms with van der Waals surface area (Å²) in [7, 11) is 0. The Morgan fingerprint density at radius 1 is 1.14 bits per heavy atom. The SMILES string of the molecule is Cc1cc(C)c(CNC(=O)c2cnc3c(cnn3Cc3ccccc3)c2)c(=O)[nH]1. The molecule has 7 heteroatoms. The topological polar surface area (TPSA) is 92.7 Å². The number of aryl methyl sites for hydroxylation is 2. The zero-order chi connectivity index (χ0) is 20.4. The summed E-state index contributed by atoms with van der Waals surface area (Å²) >= 11 is 0. The lowest BCUT2D eigenvalue weighted by Crippen LogP contribution is -2.28. The molecule has 0 bridgehead atoms. The summed E-state index contributed by atoms with van der Waals surface area (Å²) in [4.78, 5) is 31.9. The summed E-state index contributed by atoms with van der Waals surface area (Å²) in [5.74, 6) is -0.283. The Morgan fingerprint density at radius 3 is 2.69 bits per heavy atom. The summed E-state index contributed by atoms with van der Waals surface area (Å²) in [6, 6.07) is 13.7. The molecule has 3 heterocycles. The van der Waals surface area contributed by atoms with Crippen molar-refractivity contribution in [3.63, 3.8) is 0 Å². The number of carbonyl (C=O) groups excluding carboxylic acids is 1. The maximum atomic E-state index is 12.6. The predicted molar refractivity (Wildman–Crippen MR) is 111 cm³/mol. The van der Waals surface area contributed by atoms with Crippen LogP contribution in [0.15, 0.2) is 59.7 Å². The maximum absolute atomic E-state index is 12.6. The molecule has 0 aliphatic rings. The Bertz CT molecular complexity index is 1240. The van der Waals surface area contributed by atoms with Crippen LogP contribution in [0, 0.1) is 13.8 Å². The lowest BCUT2D eigenvalue weighted by atomic mass is 10.1. The van der Waals surface area contributed by atoms with Gasteiger partial charge in [-0.05, 0) is 37.1 Å². The normalized spacial score (nSPS) is 11.0. The molecule has 2 N–H and O–H groups in total. The Kier molecular flexibility index (Phi) is 4.95. The second-order valence-corrected chi connectivity index (χ2v) is 7.05. The van der Waals surface area contributed by atoms with Crippen molar-refractivity contribution in [3.05, 3.63) is 93.2 Å². The number of H-pyrrole nitrogens is 1. The van der Waals surface area contributed by atoms with Crippen LogP contribution in [0.4, 0.5) is 0 Å². The summed E-state index contributed by atoms with van der Waals surface area (Å²) in [6.07, 6.45) is 3.24. The predicted octanol–water partition coefficient (Wildman–Crippen LogP) is 2.71. The van der Waals surface area contributed by atoms with E-state index in [1.165, 1.54) is 6.20 Å². The second-order valence-electron chi connectivity index (χ2n) is 7.05. The van der Waals surface area contributed by atoms with Gasteiger partial charge in [0.25, 0.3) is 11.5 Å². The fraction of sp³-hybridized carbons (Fsp3) is 0.182. The van der Waals surface area contributed by atoms with Gasteiger partial charge in [-0.25, -0.2) is 9.67 Å². The number of aromatic amines is 1. The van der Waals surface area contributed by atoms with Crippen molar-refractivity contribution in [1.29, 1.82) is 0 Å². The van der Waals surface area contributed by atoms with E-state index in [0.717, 1.165) is 27.9 Å². The van der Waals surface area contributed by atoms with Gasteiger partial charge in [0, 0.05) is 29.4 Å². The summed E-state index contributed by atoms with van der Waals surface area (Å²) < 4.78 is 1.81. The van der Waals surface area contributed by atoms with Gasteiger partial charge in [0.1, 0.15) is 0 Å². The van der Waals surface area contributed by atoms with Crippen molar-refractivity contribution >= 4 is 16.9 Å². The Labute approximate surface area is 167 Å². The van der Waals surface area contributed by atoms with E-state index in [0.29, 0.717) is 17.7 Å². The van der Waals surface area contributed by atoms with Crippen molar-refractivity contribution < 1.29 is 4.79 Å². The van der Waals surface area contributed by atoms with Gasteiger partial charge >= 0.3 is 0 Å². The number of hydrogen-bond donors (Lipinski definition) is 2. The largest absolute Gasteiger partial charge is 0.348 e. The number of amides is 1. The zero-order valence-electron chi connectivity index (χ0n) is 16.3. The Balaban J connectivity index is 1.51. The van der Waals surface area contributed by atoms with E-state index in [4.69, 9.17) is 0 Å². The van der Waals surface area contributed by atoms with Crippen molar-refractivity contribution in [1.82, 2.24) is 25.1 Å². The van der Waals surface area contributed by atoms with Crippen LogP contribution in [-0.2, 0) is 13.1 Å². The third-order valence-corrected chi connectivity index (χ3v) is 4.83. The molecular weight excluding hydrogens is 366 g/mol. The molecular formula is C22H21N5O2. The number of nitrogens with zero attached hydrogens (tertiary/aromatic N) is 3. The fourth-order valence-corrected chi connectivity index (χ4v) is 3.34. The van der Waals surface area contributed by atoms with Crippen LogP contribution in [0.25, 0.3) is 11.0 Å². The molecule has 7 nitrogen and oxygen atoms in total. The lowest BCUT2D eigenvalue weighted by molar-refractivity contribution is 0.0950. The van der Waals surface area contributed by atoms with Gasteiger partial charge in [-0.15, -0.1) is 0 Å². The molecule has 0 saturated carbocycles. The van der Waals surface area contributed by atoms with Crippen LogP contribution in [0.5, 0.6) is 0 Å². The second kappa shape index (κ2) is 7.71. The van der Waals surface area contributed by atoms with Gasteiger partial charge in [0.2, 0.25) is 0 Å². The highest BCUT2D eigenvalue weighted by atomic mass is 16.1. The van der Waals surface area contributed by atoms with Gasteiger partial charge in [-0.2, -0.15) is 5.10 Å². The number of hydrogen-bond acceptors (Lipinski definition) is 4. The quantitative estimate of drug-likeness (QED) is 0.551. The number of nitrogens with one attached hydrogen (secondary N) is 2. The first kappa shape index (κ1) is 18.6. The van der Waals surface area contributed by atoms with E-state index >= 15 is 0 Å². The van der Waals surface area contributed by atoms with Crippen LogP contribution in [0.1, 0.15) is 32.7 Å².